The number of nitrogens with two attached hydrogens (primary N) is 2. The Hall–Kier alpha value is -1.26. The molecule has 0 amide bonds. The van der Waals surface area contributed by atoms with E-state index in [9.17, 15) is 0 Å². The van der Waals surface area contributed by atoms with E-state index in [1.54, 1.807) is 0 Å². The molecule has 0 heterocycles. The van der Waals surface area contributed by atoms with E-state index in [1.807, 2.05) is 6.07 Å². The van der Waals surface area contributed by atoms with Gasteiger partial charge in [-0.25, -0.2) is 0 Å². The summed E-state index contributed by atoms with van der Waals surface area (Å²) in [5, 5.41) is 0. The molecule has 4 heteroatoms. The molecule has 0 aromatic heterocycles. The lowest BCUT2D eigenvalue weighted by molar-refractivity contribution is 0.163. The molecule has 0 aliphatic heterocycles. The van der Waals surface area contributed by atoms with Crippen LogP contribution < -0.4 is 11.5 Å². The summed E-state index contributed by atoms with van der Waals surface area (Å²) in [4.78, 5) is 4.91. The molecule has 0 saturated heterocycles. The van der Waals surface area contributed by atoms with Gasteiger partial charge < -0.3 is 11.5 Å². The summed E-state index contributed by atoms with van der Waals surface area (Å²) in [6.07, 6.45) is 0. The maximum Gasteiger partial charge on any atom is 0.0380 e. The average molecular weight is 335 g/mol. The van der Waals surface area contributed by atoms with Gasteiger partial charge in [-0.2, -0.15) is 0 Å². The molecule has 0 aliphatic rings. The first kappa shape index (κ1) is 20.8. The molecular weight excluding hydrogens is 296 g/mol. The number of nitrogen functional groups attached to an aromatic ring is 2. The molecule has 0 atom stereocenters. The van der Waals surface area contributed by atoms with Crippen molar-refractivity contribution in [2.24, 2.45) is 0 Å². The molecule has 0 fully saturated rings. The average Bonchev–Trinajstić information content (AvgIpc) is 2.43. The fourth-order valence-electron chi connectivity index (χ4n) is 3.32. The molecule has 0 saturated carbocycles. The van der Waals surface area contributed by atoms with E-state index in [1.165, 1.54) is 11.1 Å². The van der Waals surface area contributed by atoms with E-state index >= 15 is 0 Å². The van der Waals surface area contributed by atoms with Crippen LogP contribution in [0.15, 0.2) is 12.1 Å². The Labute approximate surface area is 149 Å². The van der Waals surface area contributed by atoms with E-state index in [2.05, 4.69) is 71.3 Å². The zero-order chi connectivity index (χ0) is 18.6. The minimum atomic E-state index is 0.480. The quantitative estimate of drug-likeness (QED) is 0.703. The Morgan fingerprint density at radius 3 is 1.17 bits per heavy atom. The SMILES string of the molecule is CC(C)N(Cc1cc(CN(C(C)C)C(C)C)c(N)cc1N)C(C)C. The van der Waals surface area contributed by atoms with E-state index in [4.69, 9.17) is 11.5 Å². The predicted molar refractivity (Wildman–Crippen MR) is 107 cm³/mol. The summed E-state index contributed by atoms with van der Waals surface area (Å²) in [7, 11) is 0. The molecule has 0 unspecified atom stereocenters. The van der Waals surface area contributed by atoms with Gasteiger partial charge in [0.2, 0.25) is 0 Å². The molecular formula is C20H38N4. The first-order valence-corrected chi connectivity index (χ1v) is 9.22. The van der Waals surface area contributed by atoms with Gasteiger partial charge in [0.15, 0.2) is 0 Å². The summed E-state index contributed by atoms with van der Waals surface area (Å²) < 4.78 is 0. The smallest absolute Gasteiger partial charge is 0.0380 e. The van der Waals surface area contributed by atoms with Gasteiger partial charge in [0.25, 0.3) is 0 Å². The van der Waals surface area contributed by atoms with Crippen LogP contribution in [0.1, 0.15) is 66.5 Å². The van der Waals surface area contributed by atoms with E-state index in [0.717, 1.165) is 24.5 Å². The molecule has 0 spiro atoms. The van der Waals surface area contributed by atoms with Crippen molar-refractivity contribution in [3.8, 4) is 0 Å². The molecule has 1 aromatic carbocycles. The molecule has 4 N–H and O–H groups in total. The lowest BCUT2D eigenvalue weighted by atomic mass is 10.0. The highest BCUT2D eigenvalue weighted by Gasteiger charge is 2.19. The Morgan fingerprint density at radius 1 is 0.625 bits per heavy atom. The standard InChI is InChI=1S/C20H38N4/c1-13(2)23(14(3)4)11-17-9-18(20(22)10-19(17)21)12-24(15(5)6)16(7)8/h9-10,13-16H,11-12,21-22H2,1-8H3. The molecule has 0 radical (unpaired) electrons. The second-order valence-electron chi connectivity index (χ2n) is 7.97. The predicted octanol–water partition coefficient (Wildman–Crippen LogP) is 4.09. The van der Waals surface area contributed by atoms with Gasteiger partial charge in [-0.1, -0.05) is 0 Å². The zero-order valence-electron chi connectivity index (χ0n) is 16.9. The van der Waals surface area contributed by atoms with Gasteiger partial charge in [-0.3, -0.25) is 9.80 Å². The van der Waals surface area contributed by atoms with Crippen molar-refractivity contribution in [2.45, 2.75) is 92.6 Å². The number of hydrogen-bond donors (Lipinski definition) is 2. The van der Waals surface area contributed by atoms with Crippen LogP contribution in [0.3, 0.4) is 0 Å². The third-order valence-corrected chi connectivity index (χ3v) is 4.76. The highest BCUT2D eigenvalue weighted by molar-refractivity contribution is 5.61. The molecule has 24 heavy (non-hydrogen) atoms. The molecule has 1 aromatic rings. The number of nitrogens with zero attached hydrogens (tertiary/aromatic N) is 2. The van der Waals surface area contributed by atoms with Crippen LogP contribution in [0.25, 0.3) is 0 Å². The third-order valence-electron chi connectivity index (χ3n) is 4.76. The number of benzene rings is 1. The lowest BCUT2D eigenvalue weighted by Crippen LogP contribution is -2.37. The van der Waals surface area contributed by atoms with E-state index < -0.39 is 0 Å². The van der Waals surface area contributed by atoms with Crippen LogP contribution >= 0.6 is 0 Å². The van der Waals surface area contributed by atoms with Crippen molar-refractivity contribution >= 4 is 11.4 Å². The summed E-state index contributed by atoms with van der Waals surface area (Å²) in [6.45, 7) is 19.6. The third kappa shape index (κ3) is 5.38. The van der Waals surface area contributed by atoms with Crippen LogP contribution in [0, 0.1) is 0 Å². The number of anilines is 2. The van der Waals surface area contributed by atoms with Crippen LogP contribution in [0.2, 0.25) is 0 Å². The van der Waals surface area contributed by atoms with Crippen molar-refractivity contribution in [1.82, 2.24) is 9.80 Å². The van der Waals surface area contributed by atoms with Crippen molar-refractivity contribution in [3.05, 3.63) is 23.3 Å². The monoisotopic (exact) mass is 334 g/mol. The Balaban J connectivity index is 3.12. The molecule has 0 bridgehead atoms. The number of rotatable bonds is 8. The molecule has 4 nitrogen and oxygen atoms in total. The fraction of sp³-hybridized carbons (Fsp3) is 0.700. The lowest BCUT2D eigenvalue weighted by Gasteiger charge is -2.33. The second-order valence-corrected chi connectivity index (χ2v) is 7.97. The zero-order valence-corrected chi connectivity index (χ0v) is 16.9. The van der Waals surface area contributed by atoms with E-state index in [-0.39, 0.29) is 0 Å². The summed E-state index contributed by atoms with van der Waals surface area (Å²) in [5.41, 5.74) is 16.5. The maximum absolute atomic E-state index is 6.27. The van der Waals surface area contributed by atoms with Gasteiger partial charge in [0, 0.05) is 48.6 Å². The largest absolute Gasteiger partial charge is 0.398 e. The highest BCUT2D eigenvalue weighted by atomic mass is 15.2. The molecule has 0 aliphatic carbocycles. The first-order chi connectivity index (χ1) is 11.0. The number of hydrogen-bond acceptors (Lipinski definition) is 4. The van der Waals surface area contributed by atoms with Gasteiger partial charge in [-0.05, 0) is 78.6 Å². The molecule has 138 valence electrons. The Morgan fingerprint density at radius 2 is 0.917 bits per heavy atom. The van der Waals surface area contributed by atoms with Crippen molar-refractivity contribution in [2.75, 3.05) is 11.5 Å². The highest BCUT2D eigenvalue weighted by Crippen LogP contribution is 2.26. The van der Waals surface area contributed by atoms with Crippen LogP contribution in [-0.2, 0) is 13.1 Å². The summed E-state index contributed by atoms with van der Waals surface area (Å²) in [5.74, 6) is 0. The van der Waals surface area contributed by atoms with Crippen LogP contribution in [0.5, 0.6) is 0 Å². The van der Waals surface area contributed by atoms with E-state index in [0.29, 0.717) is 24.2 Å². The fourth-order valence-corrected chi connectivity index (χ4v) is 3.32. The van der Waals surface area contributed by atoms with Crippen molar-refractivity contribution < 1.29 is 0 Å². The summed E-state index contributed by atoms with van der Waals surface area (Å²) >= 11 is 0. The Kier molecular flexibility index (Phi) is 7.56. The second kappa shape index (κ2) is 8.72. The van der Waals surface area contributed by atoms with Gasteiger partial charge in [0.1, 0.15) is 0 Å². The Bertz CT molecular complexity index is 461. The van der Waals surface area contributed by atoms with Crippen LogP contribution in [-0.4, -0.2) is 34.0 Å². The van der Waals surface area contributed by atoms with Gasteiger partial charge in [0.05, 0.1) is 0 Å². The van der Waals surface area contributed by atoms with Gasteiger partial charge >= 0.3 is 0 Å². The molecule has 1 rings (SSSR count). The minimum absolute atomic E-state index is 0.480. The van der Waals surface area contributed by atoms with Crippen LogP contribution in [0.4, 0.5) is 11.4 Å². The first-order valence-electron chi connectivity index (χ1n) is 9.22. The van der Waals surface area contributed by atoms with Crippen molar-refractivity contribution in [3.63, 3.8) is 0 Å². The van der Waals surface area contributed by atoms with Gasteiger partial charge in [-0.15, -0.1) is 0 Å². The maximum atomic E-state index is 6.27. The summed E-state index contributed by atoms with van der Waals surface area (Å²) in [6, 6.07) is 6.06. The topological polar surface area (TPSA) is 58.5 Å². The van der Waals surface area contributed by atoms with Crippen molar-refractivity contribution in [1.29, 1.82) is 0 Å². The minimum Gasteiger partial charge on any atom is -0.398 e. The normalized spacial score (nSPS) is 12.6.